The van der Waals surface area contributed by atoms with Gasteiger partial charge in [-0.15, -0.1) is 0 Å². The number of aryl methyl sites for hydroxylation is 2. The number of nitrogens with zero attached hydrogens (tertiary/aromatic N) is 2. The highest BCUT2D eigenvalue weighted by molar-refractivity contribution is 9.10. The zero-order valence-electron chi connectivity index (χ0n) is 11.5. The molecule has 1 atom stereocenters. The molecular formula is C14H16BrF2N3. The van der Waals surface area contributed by atoms with Gasteiger partial charge in [-0.1, -0.05) is 0 Å². The second-order valence-electron chi connectivity index (χ2n) is 4.70. The lowest BCUT2D eigenvalue weighted by Crippen LogP contribution is -2.22. The first-order chi connectivity index (χ1) is 9.43. The molecular weight excluding hydrogens is 328 g/mol. The molecule has 0 saturated heterocycles. The van der Waals surface area contributed by atoms with Crippen molar-refractivity contribution < 1.29 is 8.78 Å². The highest BCUT2D eigenvalue weighted by atomic mass is 79.9. The van der Waals surface area contributed by atoms with Crippen LogP contribution in [0.1, 0.15) is 23.0 Å². The molecule has 0 bridgehead atoms. The summed E-state index contributed by atoms with van der Waals surface area (Å²) >= 11 is 3.09. The van der Waals surface area contributed by atoms with Crippen molar-refractivity contribution in [3.05, 3.63) is 51.3 Å². The monoisotopic (exact) mass is 343 g/mol. The van der Waals surface area contributed by atoms with E-state index < -0.39 is 11.6 Å². The molecule has 0 spiro atoms. The molecule has 2 rings (SSSR count). The Morgan fingerprint density at radius 3 is 2.65 bits per heavy atom. The van der Waals surface area contributed by atoms with Crippen molar-refractivity contribution in [2.75, 3.05) is 7.05 Å². The molecule has 0 amide bonds. The fraction of sp³-hybridized carbons (Fsp3) is 0.357. The Bertz CT molecular complexity index is 625. The largest absolute Gasteiger partial charge is 0.311 e. The Morgan fingerprint density at radius 1 is 1.40 bits per heavy atom. The molecule has 3 nitrogen and oxygen atoms in total. The standard InChI is InChI=1S/C14H16BrF2N3/c1-8-6-13(20(3)19-8)12(18-2)7-9-11(16)5-4-10(15)14(9)17/h4-6,12,18H,7H2,1-3H3. The van der Waals surface area contributed by atoms with Crippen LogP contribution in [-0.2, 0) is 13.5 Å². The minimum Gasteiger partial charge on any atom is -0.311 e. The van der Waals surface area contributed by atoms with Crippen molar-refractivity contribution in [1.82, 2.24) is 15.1 Å². The van der Waals surface area contributed by atoms with E-state index in [1.165, 1.54) is 12.1 Å². The van der Waals surface area contributed by atoms with Gasteiger partial charge in [-0.05, 0) is 54.5 Å². The second kappa shape index (κ2) is 6.01. The van der Waals surface area contributed by atoms with E-state index in [0.717, 1.165) is 11.4 Å². The van der Waals surface area contributed by atoms with Crippen LogP contribution in [0.2, 0.25) is 0 Å². The zero-order chi connectivity index (χ0) is 14.9. The van der Waals surface area contributed by atoms with E-state index in [-0.39, 0.29) is 22.5 Å². The summed E-state index contributed by atoms with van der Waals surface area (Å²) in [5.74, 6) is -1.09. The lowest BCUT2D eigenvalue weighted by Gasteiger charge is -2.17. The van der Waals surface area contributed by atoms with Crippen molar-refractivity contribution >= 4 is 15.9 Å². The quantitative estimate of drug-likeness (QED) is 0.863. The van der Waals surface area contributed by atoms with Crippen LogP contribution in [0.15, 0.2) is 22.7 Å². The molecule has 0 aliphatic rings. The summed E-state index contributed by atoms with van der Waals surface area (Å²) in [6.07, 6.45) is 0.215. The molecule has 0 fully saturated rings. The molecule has 0 aliphatic carbocycles. The van der Waals surface area contributed by atoms with Crippen LogP contribution in [-0.4, -0.2) is 16.8 Å². The third-order valence-electron chi connectivity index (χ3n) is 3.29. The van der Waals surface area contributed by atoms with Crippen LogP contribution in [0.5, 0.6) is 0 Å². The Kier molecular flexibility index (Phi) is 4.55. The van der Waals surface area contributed by atoms with E-state index in [1.807, 2.05) is 20.0 Å². The zero-order valence-corrected chi connectivity index (χ0v) is 13.1. The number of benzene rings is 1. The summed E-state index contributed by atoms with van der Waals surface area (Å²) in [5.41, 5.74) is 1.83. The number of aromatic nitrogens is 2. The third-order valence-corrected chi connectivity index (χ3v) is 3.90. The summed E-state index contributed by atoms with van der Waals surface area (Å²) in [4.78, 5) is 0. The van der Waals surface area contributed by atoms with E-state index in [9.17, 15) is 8.78 Å². The van der Waals surface area contributed by atoms with E-state index in [1.54, 1.807) is 11.7 Å². The number of likely N-dealkylation sites (N-methyl/N-ethyl adjacent to an activating group) is 1. The van der Waals surface area contributed by atoms with E-state index in [0.29, 0.717) is 0 Å². The molecule has 1 aromatic heterocycles. The van der Waals surface area contributed by atoms with Crippen molar-refractivity contribution in [3.8, 4) is 0 Å². The van der Waals surface area contributed by atoms with Gasteiger partial charge in [0.05, 0.1) is 21.9 Å². The summed E-state index contributed by atoms with van der Waals surface area (Å²) in [7, 11) is 3.58. The van der Waals surface area contributed by atoms with E-state index in [2.05, 4.69) is 26.3 Å². The maximum atomic E-state index is 14.0. The second-order valence-corrected chi connectivity index (χ2v) is 5.56. The Morgan fingerprint density at radius 2 is 2.10 bits per heavy atom. The minimum absolute atomic E-state index is 0.0672. The van der Waals surface area contributed by atoms with Crippen LogP contribution in [0.25, 0.3) is 0 Å². The summed E-state index contributed by atoms with van der Waals surface area (Å²) in [6.45, 7) is 1.89. The minimum atomic E-state index is -0.552. The molecule has 0 saturated carbocycles. The van der Waals surface area contributed by atoms with Crippen molar-refractivity contribution in [1.29, 1.82) is 0 Å². The fourth-order valence-electron chi connectivity index (χ4n) is 2.27. The first kappa shape index (κ1) is 15.1. The molecule has 1 unspecified atom stereocenters. The van der Waals surface area contributed by atoms with Gasteiger partial charge in [0.25, 0.3) is 0 Å². The van der Waals surface area contributed by atoms with Gasteiger partial charge in [-0.3, -0.25) is 4.68 Å². The van der Waals surface area contributed by atoms with Gasteiger partial charge in [0, 0.05) is 12.6 Å². The summed E-state index contributed by atoms with van der Waals surface area (Å²) in [6, 6.07) is 4.34. The Labute approximate surface area is 125 Å². The number of hydrogen-bond donors (Lipinski definition) is 1. The third kappa shape index (κ3) is 2.91. The van der Waals surface area contributed by atoms with Crippen LogP contribution >= 0.6 is 15.9 Å². The molecule has 20 heavy (non-hydrogen) atoms. The van der Waals surface area contributed by atoms with Crippen LogP contribution in [0.4, 0.5) is 8.78 Å². The van der Waals surface area contributed by atoms with E-state index >= 15 is 0 Å². The molecule has 0 aliphatic heterocycles. The van der Waals surface area contributed by atoms with Gasteiger partial charge in [0.1, 0.15) is 11.6 Å². The molecule has 0 radical (unpaired) electrons. The molecule has 2 aromatic rings. The van der Waals surface area contributed by atoms with Crippen LogP contribution in [0.3, 0.4) is 0 Å². The molecule has 108 valence electrons. The Hall–Kier alpha value is -1.27. The van der Waals surface area contributed by atoms with Crippen molar-refractivity contribution in [2.24, 2.45) is 7.05 Å². The number of nitrogens with one attached hydrogen (secondary N) is 1. The highest BCUT2D eigenvalue weighted by Crippen LogP contribution is 2.26. The molecule has 1 heterocycles. The Balaban J connectivity index is 2.36. The van der Waals surface area contributed by atoms with Gasteiger partial charge in [-0.2, -0.15) is 5.10 Å². The average molecular weight is 344 g/mol. The first-order valence-electron chi connectivity index (χ1n) is 6.24. The van der Waals surface area contributed by atoms with Gasteiger partial charge in [0.2, 0.25) is 0 Å². The maximum Gasteiger partial charge on any atom is 0.143 e. The molecule has 1 aromatic carbocycles. The fourth-order valence-corrected chi connectivity index (χ4v) is 2.64. The lowest BCUT2D eigenvalue weighted by atomic mass is 10.0. The topological polar surface area (TPSA) is 29.9 Å². The predicted octanol–water partition coefficient (Wildman–Crippen LogP) is 3.27. The smallest absolute Gasteiger partial charge is 0.143 e. The van der Waals surface area contributed by atoms with Crippen molar-refractivity contribution in [3.63, 3.8) is 0 Å². The summed E-state index contributed by atoms with van der Waals surface area (Å²) in [5, 5.41) is 7.35. The van der Waals surface area contributed by atoms with Crippen molar-refractivity contribution in [2.45, 2.75) is 19.4 Å². The summed E-state index contributed by atoms with van der Waals surface area (Å²) < 4.78 is 29.9. The van der Waals surface area contributed by atoms with E-state index in [4.69, 9.17) is 0 Å². The highest BCUT2D eigenvalue weighted by Gasteiger charge is 2.20. The average Bonchev–Trinajstić information content (AvgIpc) is 2.74. The van der Waals surface area contributed by atoms with Gasteiger partial charge < -0.3 is 5.32 Å². The maximum absolute atomic E-state index is 14.0. The van der Waals surface area contributed by atoms with Crippen LogP contribution in [0, 0.1) is 18.6 Å². The first-order valence-corrected chi connectivity index (χ1v) is 7.03. The normalized spacial score (nSPS) is 12.7. The van der Waals surface area contributed by atoms with Crippen LogP contribution < -0.4 is 5.32 Å². The molecule has 1 N–H and O–H groups in total. The predicted molar refractivity (Wildman–Crippen MR) is 77.5 cm³/mol. The number of rotatable bonds is 4. The lowest BCUT2D eigenvalue weighted by molar-refractivity contribution is 0.492. The van der Waals surface area contributed by atoms with Gasteiger partial charge >= 0.3 is 0 Å². The number of halogens is 3. The molecule has 6 heteroatoms. The SMILES string of the molecule is CNC(Cc1c(F)ccc(Br)c1F)c1cc(C)nn1C. The number of hydrogen-bond acceptors (Lipinski definition) is 2. The van der Waals surface area contributed by atoms with Gasteiger partial charge in [-0.25, -0.2) is 8.78 Å². The van der Waals surface area contributed by atoms with Gasteiger partial charge in [0.15, 0.2) is 0 Å².